The number of rotatable bonds is 10. The molecule has 0 atom stereocenters. The molecule has 1 aromatic carbocycles. The van der Waals surface area contributed by atoms with E-state index in [-0.39, 0.29) is 5.78 Å². The molecule has 0 aliphatic carbocycles. The molecule has 0 fully saturated rings. The SMILES string of the molecule is CCCCCCCCc1ccc(C(=O)CCN)cc1. The maximum absolute atomic E-state index is 11.6. The van der Waals surface area contributed by atoms with E-state index >= 15 is 0 Å². The molecule has 0 aliphatic heterocycles. The third-order valence-electron chi connectivity index (χ3n) is 3.47. The number of nitrogens with two attached hydrogens (primary N) is 1. The van der Waals surface area contributed by atoms with Crippen LogP contribution in [0.25, 0.3) is 0 Å². The molecule has 2 N–H and O–H groups in total. The van der Waals surface area contributed by atoms with E-state index in [1.165, 1.54) is 44.1 Å². The summed E-state index contributed by atoms with van der Waals surface area (Å²) in [7, 11) is 0. The summed E-state index contributed by atoms with van der Waals surface area (Å²) < 4.78 is 0. The van der Waals surface area contributed by atoms with Crippen LogP contribution in [-0.2, 0) is 6.42 Å². The van der Waals surface area contributed by atoms with Crippen LogP contribution in [0.2, 0.25) is 0 Å². The van der Waals surface area contributed by atoms with Crippen LogP contribution in [0, 0.1) is 0 Å². The van der Waals surface area contributed by atoms with Gasteiger partial charge in [0.15, 0.2) is 5.78 Å². The van der Waals surface area contributed by atoms with Gasteiger partial charge in [-0.05, 0) is 24.9 Å². The molecular formula is C17H27NO. The average Bonchev–Trinajstić information content (AvgIpc) is 2.43. The van der Waals surface area contributed by atoms with Crippen LogP contribution in [0.5, 0.6) is 0 Å². The van der Waals surface area contributed by atoms with Gasteiger partial charge in [0, 0.05) is 12.0 Å². The van der Waals surface area contributed by atoms with E-state index < -0.39 is 0 Å². The Hall–Kier alpha value is -1.15. The first-order valence-corrected chi connectivity index (χ1v) is 7.60. The number of carbonyl (C=O) groups is 1. The van der Waals surface area contributed by atoms with Crippen molar-refractivity contribution in [3.63, 3.8) is 0 Å². The highest BCUT2D eigenvalue weighted by Gasteiger charge is 2.03. The standard InChI is InChI=1S/C17H27NO/c1-2-3-4-5-6-7-8-15-9-11-16(12-10-15)17(19)13-14-18/h9-12H,2-8,13-14,18H2,1H3. The molecule has 0 bridgehead atoms. The lowest BCUT2D eigenvalue weighted by Crippen LogP contribution is -2.07. The van der Waals surface area contributed by atoms with Gasteiger partial charge in [0.2, 0.25) is 0 Å². The van der Waals surface area contributed by atoms with E-state index in [1.54, 1.807) is 0 Å². The fraction of sp³-hybridized carbons (Fsp3) is 0.588. The lowest BCUT2D eigenvalue weighted by atomic mass is 10.0. The van der Waals surface area contributed by atoms with Gasteiger partial charge in [-0.25, -0.2) is 0 Å². The van der Waals surface area contributed by atoms with Crippen molar-refractivity contribution in [2.24, 2.45) is 5.73 Å². The second kappa shape index (κ2) is 9.74. The molecule has 0 aliphatic rings. The van der Waals surface area contributed by atoms with Crippen molar-refractivity contribution in [1.82, 2.24) is 0 Å². The Bertz CT molecular complexity index is 356. The van der Waals surface area contributed by atoms with Gasteiger partial charge in [0.25, 0.3) is 0 Å². The molecule has 0 spiro atoms. The molecule has 0 saturated heterocycles. The highest BCUT2D eigenvalue weighted by atomic mass is 16.1. The second-order valence-corrected chi connectivity index (χ2v) is 5.18. The van der Waals surface area contributed by atoms with E-state index in [9.17, 15) is 4.79 Å². The molecule has 2 nitrogen and oxygen atoms in total. The number of aryl methyl sites for hydroxylation is 1. The van der Waals surface area contributed by atoms with Gasteiger partial charge >= 0.3 is 0 Å². The van der Waals surface area contributed by atoms with E-state index in [0.717, 1.165) is 12.0 Å². The molecule has 1 aromatic rings. The minimum absolute atomic E-state index is 0.147. The van der Waals surface area contributed by atoms with Crippen molar-refractivity contribution in [2.45, 2.75) is 58.3 Å². The normalized spacial score (nSPS) is 10.6. The Morgan fingerprint density at radius 1 is 1.00 bits per heavy atom. The van der Waals surface area contributed by atoms with E-state index in [4.69, 9.17) is 5.73 Å². The summed E-state index contributed by atoms with van der Waals surface area (Å²) in [6, 6.07) is 8.03. The summed E-state index contributed by atoms with van der Waals surface area (Å²) in [6.07, 6.45) is 9.50. The van der Waals surface area contributed by atoms with Gasteiger partial charge in [-0.3, -0.25) is 4.79 Å². The minimum atomic E-state index is 0.147. The summed E-state index contributed by atoms with van der Waals surface area (Å²) in [5, 5.41) is 0. The average molecular weight is 261 g/mol. The summed E-state index contributed by atoms with van der Waals surface area (Å²) in [5.74, 6) is 0.147. The van der Waals surface area contributed by atoms with Gasteiger partial charge in [0.05, 0.1) is 0 Å². The smallest absolute Gasteiger partial charge is 0.164 e. The van der Waals surface area contributed by atoms with Crippen molar-refractivity contribution in [3.05, 3.63) is 35.4 Å². The highest BCUT2D eigenvalue weighted by Crippen LogP contribution is 2.12. The third kappa shape index (κ3) is 6.53. The number of unbranched alkanes of at least 4 members (excludes halogenated alkanes) is 5. The van der Waals surface area contributed by atoms with Crippen LogP contribution in [0.3, 0.4) is 0 Å². The van der Waals surface area contributed by atoms with Crippen molar-refractivity contribution in [1.29, 1.82) is 0 Å². The Morgan fingerprint density at radius 3 is 2.26 bits per heavy atom. The molecule has 0 aromatic heterocycles. The molecular weight excluding hydrogens is 234 g/mol. The number of hydrogen-bond acceptors (Lipinski definition) is 2. The first kappa shape index (κ1) is 15.9. The van der Waals surface area contributed by atoms with Crippen LogP contribution in [0.1, 0.15) is 67.8 Å². The maximum atomic E-state index is 11.6. The number of hydrogen-bond donors (Lipinski definition) is 1. The van der Waals surface area contributed by atoms with E-state index in [0.29, 0.717) is 13.0 Å². The van der Waals surface area contributed by atoms with Gasteiger partial charge in [-0.1, -0.05) is 63.3 Å². The van der Waals surface area contributed by atoms with Crippen LogP contribution in [0.15, 0.2) is 24.3 Å². The Kier molecular flexibility index (Phi) is 8.15. The zero-order valence-electron chi connectivity index (χ0n) is 12.2. The Labute approximate surface area is 117 Å². The van der Waals surface area contributed by atoms with Crippen LogP contribution in [0.4, 0.5) is 0 Å². The quantitative estimate of drug-likeness (QED) is 0.508. The predicted octanol–water partition coefficient (Wildman–Crippen LogP) is 4.12. The summed E-state index contributed by atoms with van der Waals surface area (Å²) >= 11 is 0. The summed E-state index contributed by atoms with van der Waals surface area (Å²) in [4.78, 5) is 11.6. The van der Waals surface area contributed by atoms with Gasteiger partial charge in [-0.15, -0.1) is 0 Å². The molecule has 0 unspecified atom stereocenters. The Morgan fingerprint density at radius 2 is 1.63 bits per heavy atom. The molecule has 19 heavy (non-hydrogen) atoms. The van der Waals surface area contributed by atoms with Crippen LogP contribution in [-0.4, -0.2) is 12.3 Å². The minimum Gasteiger partial charge on any atom is -0.330 e. The van der Waals surface area contributed by atoms with Gasteiger partial charge in [0.1, 0.15) is 0 Å². The first-order valence-electron chi connectivity index (χ1n) is 7.60. The van der Waals surface area contributed by atoms with E-state index in [1.807, 2.05) is 12.1 Å². The number of carbonyl (C=O) groups excluding carboxylic acids is 1. The first-order chi connectivity index (χ1) is 9.27. The lowest BCUT2D eigenvalue weighted by Gasteiger charge is -2.04. The van der Waals surface area contributed by atoms with E-state index in [2.05, 4.69) is 19.1 Å². The topological polar surface area (TPSA) is 43.1 Å². The Balaban J connectivity index is 2.26. The van der Waals surface area contributed by atoms with Crippen molar-refractivity contribution in [2.75, 3.05) is 6.54 Å². The van der Waals surface area contributed by atoms with Gasteiger partial charge < -0.3 is 5.73 Å². The zero-order chi connectivity index (χ0) is 13.9. The zero-order valence-corrected chi connectivity index (χ0v) is 12.2. The van der Waals surface area contributed by atoms with Gasteiger partial charge in [-0.2, -0.15) is 0 Å². The number of Topliss-reactive ketones (excluding diaryl/α,β-unsaturated/α-hetero) is 1. The number of benzene rings is 1. The van der Waals surface area contributed by atoms with Crippen molar-refractivity contribution < 1.29 is 4.79 Å². The maximum Gasteiger partial charge on any atom is 0.164 e. The molecule has 2 heteroatoms. The fourth-order valence-electron chi connectivity index (χ4n) is 2.24. The molecule has 106 valence electrons. The third-order valence-corrected chi connectivity index (χ3v) is 3.47. The largest absolute Gasteiger partial charge is 0.330 e. The second-order valence-electron chi connectivity index (χ2n) is 5.18. The monoisotopic (exact) mass is 261 g/mol. The van der Waals surface area contributed by atoms with Crippen molar-refractivity contribution >= 4 is 5.78 Å². The number of ketones is 1. The highest BCUT2D eigenvalue weighted by molar-refractivity contribution is 5.96. The lowest BCUT2D eigenvalue weighted by molar-refractivity contribution is 0.0985. The fourth-order valence-corrected chi connectivity index (χ4v) is 2.24. The molecule has 0 amide bonds. The molecule has 0 radical (unpaired) electrons. The predicted molar refractivity (Wildman–Crippen MR) is 81.5 cm³/mol. The van der Waals surface area contributed by atoms with Crippen LogP contribution < -0.4 is 5.73 Å². The molecule has 1 rings (SSSR count). The van der Waals surface area contributed by atoms with Crippen LogP contribution >= 0.6 is 0 Å². The molecule has 0 saturated carbocycles. The summed E-state index contributed by atoms with van der Waals surface area (Å²) in [5.41, 5.74) is 7.51. The molecule has 0 heterocycles. The van der Waals surface area contributed by atoms with Crippen molar-refractivity contribution in [3.8, 4) is 0 Å². The summed E-state index contributed by atoms with van der Waals surface area (Å²) in [6.45, 7) is 2.67.